The van der Waals surface area contributed by atoms with Gasteiger partial charge in [0.15, 0.2) is 0 Å². The van der Waals surface area contributed by atoms with Gasteiger partial charge < -0.3 is 14.7 Å². The first-order chi connectivity index (χ1) is 20.9. The Morgan fingerprint density at radius 3 is 2.50 bits per heavy atom. The van der Waals surface area contributed by atoms with Gasteiger partial charge in [-0.25, -0.2) is 17.2 Å². The highest BCUT2D eigenvalue weighted by molar-refractivity contribution is 7.92. The fourth-order valence-electron chi connectivity index (χ4n) is 6.16. The molecule has 11 heteroatoms. The van der Waals surface area contributed by atoms with Crippen LogP contribution in [0.1, 0.15) is 28.9 Å². The van der Waals surface area contributed by atoms with Crippen molar-refractivity contribution in [1.29, 1.82) is 0 Å². The van der Waals surface area contributed by atoms with E-state index in [4.69, 9.17) is 15.1 Å². The number of halogens is 2. The number of hydrogen-bond donors (Lipinski definition) is 1. The fourth-order valence-corrected chi connectivity index (χ4v) is 6.67. The predicted molar refractivity (Wildman–Crippen MR) is 166 cm³/mol. The van der Waals surface area contributed by atoms with Crippen molar-refractivity contribution in [3.8, 4) is 33.8 Å². The van der Waals surface area contributed by atoms with E-state index >= 15 is 0 Å². The molecule has 6 aromatic rings. The van der Waals surface area contributed by atoms with Gasteiger partial charge in [-0.2, -0.15) is 0 Å². The fraction of sp³-hybridized carbons (Fsp3) is 0.152. The van der Waals surface area contributed by atoms with Crippen molar-refractivity contribution < 1.29 is 26.4 Å². The van der Waals surface area contributed by atoms with Crippen LogP contribution in [0.15, 0.2) is 77.3 Å². The topological polar surface area (TPSA) is 111 Å². The van der Waals surface area contributed by atoms with Crippen molar-refractivity contribution in [2.45, 2.75) is 19.4 Å². The Hall–Kier alpha value is -5.03. The maximum Gasteiger partial charge on any atom is 0.253 e. The number of amides is 1. The van der Waals surface area contributed by atoms with Crippen LogP contribution in [0, 0.1) is 11.6 Å². The highest BCUT2D eigenvalue weighted by Gasteiger charge is 2.28. The third-order valence-corrected chi connectivity index (χ3v) is 9.51. The molecule has 8 nitrogen and oxygen atoms in total. The van der Waals surface area contributed by atoms with Gasteiger partial charge in [-0.15, -0.1) is 0 Å². The van der Waals surface area contributed by atoms with Crippen molar-refractivity contribution >= 4 is 43.5 Å². The molecule has 0 fully saturated rings. The summed E-state index contributed by atoms with van der Waals surface area (Å²) in [6.45, 7) is 2.07. The zero-order chi connectivity index (χ0) is 31.1. The number of rotatable bonds is 5. The SMILES string of the molecule is CC1Cc2cnc(-c3cc4c(C(N)=O)c(-c5ccc(F)cc5)oc4cc3N(C)S(C)(=O)=O)cc2-c2cc3c(F)cccc3n21. The van der Waals surface area contributed by atoms with Gasteiger partial charge in [0.05, 0.1) is 28.7 Å². The molecule has 0 bridgehead atoms. The molecule has 1 unspecified atom stereocenters. The van der Waals surface area contributed by atoms with Gasteiger partial charge in [-0.1, -0.05) is 6.07 Å². The van der Waals surface area contributed by atoms with E-state index in [0.717, 1.165) is 32.9 Å². The average molecular weight is 613 g/mol. The van der Waals surface area contributed by atoms with E-state index in [9.17, 15) is 22.0 Å². The van der Waals surface area contributed by atoms with E-state index in [1.807, 2.05) is 18.2 Å². The minimum Gasteiger partial charge on any atom is -0.455 e. The van der Waals surface area contributed by atoms with E-state index in [1.54, 1.807) is 18.3 Å². The van der Waals surface area contributed by atoms with E-state index in [1.165, 1.54) is 43.4 Å². The second-order valence-corrected chi connectivity index (χ2v) is 13.1. The summed E-state index contributed by atoms with van der Waals surface area (Å²) in [5.41, 5.74) is 11.1. The van der Waals surface area contributed by atoms with Gasteiger partial charge in [0.2, 0.25) is 10.0 Å². The standard InChI is InChI=1S/C33H26F2N4O4S/c1-17-11-19-16-37-26(13-21(19)29-14-22-25(35)5-4-6-27(22)39(17)29)23-12-24-30(15-28(23)38(2)44(3,41)42)43-32(31(24)33(36)40)18-7-9-20(34)10-8-18/h4-10,12-17H,11H2,1-3H3,(H2,36,40). The molecule has 222 valence electrons. The minimum absolute atomic E-state index is 0.0571. The Bertz CT molecular complexity index is 2270. The van der Waals surface area contributed by atoms with Crippen LogP contribution in [-0.4, -0.2) is 37.2 Å². The number of carbonyl (C=O) groups excluding carboxylic acids is 1. The number of fused-ring (bicyclic) bond motifs is 6. The lowest BCUT2D eigenvalue weighted by atomic mass is 9.94. The van der Waals surface area contributed by atoms with E-state index < -0.39 is 21.7 Å². The highest BCUT2D eigenvalue weighted by Crippen LogP contribution is 2.44. The van der Waals surface area contributed by atoms with Crippen LogP contribution in [0.4, 0.5) is 14.5 Å². The van der Waals surface area contributed by atoms with Crippen LogP contribution >= 0.6 is 0 Å². The van der Waals surface area contributed by atoms with Gasteiger partial charge in [-0.05, 0) is 73.5 Å². The van der Waals surface area contributed by atoms with Gasteiger partial charge in [0, 0.05) is 58.5 Å². The highest BCUT2D eigenvalue weighted by atomic mass is 32.2. The normalized spacial score (nSPS) is 14.5. The lowest BCUT2D eigenvalue weighted by Crippen LogP contribution is -2.25. The zero-order valence-corrected chi connectivity index (χ0v) is 24.7. The Labute approximate surface area is 251 Å². The molecule has 3 aromatic carbocycles. The molecule has 0 saturated carbocycles. The summed E-state index contributed by atoms with van der Waals surface area (Å²) in [7, 11) is -2.33. The molecule has 2 N–H and O–H groups in total. The Kier molecular flexibility index (Phi) is 6.15. The second-order valence-electron chi connectivity index (χ2n) is 11.1. The van der Waals surface area contributed by atoms with Crippen molar-refractivity contribution in [3.63, 3.8) is 0 Å². The van der Waals surface area contributed by atoms with E-state index in [2.05, 4.69) is 11.5 Å². The number of aromatic nitrogens is 2. The lowest BCUT2D eigenvalue weighted by molar-refractivity contribution is 0.100. The second kappa shape index (κ2) is 9.75. The summed E-state index contributed by atoms with van der Waals surface area (Å²) in [6, 6.07) is 17.3. The molecule has 4 heterocycles. The molecule has 0 saturated heterocycles. The van der Waals surface area contributed by atoms with Crippen LogP contribution < -0.4 is 10.0 Å². The quantitative estimate of drug-likeness (QED) is 0.234. The summed E-state index contributed by atoms with van der Waals surface area (Å²) in [6.07, 6.45) is 3.50. The van der Waals surface area contributed by atoms with Crippen LogP contribution in [0.3, 0.4) is 0 Å². The first-order valence-electron chi connectivity index (χ1n) is 13.8. The molecule has 7 rings (SSSR count). The van der Waals surface area contributed by atoms with Gasteiger partial charge in [-0.3, -0.25) is 14.1 Å². The largest absolute Gasteiger partial charge is 0.455 e. The number of hydrogen-bond acceptors (Lipinski definition) is 5. The van der Waals surface area contributed by atoms with Gasteiger partial charge in [0.25, 0.3) is 5.91 Å². The number of nitrogens with two attached hydrogens (primary N) is 1. The summed E-state index contributed by atoms with van der Waals surface area (Å²) in [5, 5.41) is 0.860. The smallest absolute Gasteiger partial charge is 0.253 e. The number of carbonyl (C=O) groups is 1. The molecule has 1 aliphatic heterocycles. The van der Waals surface area contributed by atoms with Gasteiger partial charge in [0.1, 0.15) is 23.0 Å². The molecule has 1 amide bonds. The molecule has 0 radical (unpaired) electrons. The number of nitrogens with zero attached hydrogens (tertiary/aromatic N) is 3. The van der Waals surface area contributed by atoms with E-state index in [-0.39, 0.29) is 34.5 Å². The number of sulfonamides is 1. The van der Waals surface area contributed by atoms with Crippen LogP contribution in [0.2, 0.25) is 0 Å². The van der Waals surface area contributed by atoms with Gasteiger partial charge >= 0.3 is 0 Å². The summed E-state index contributed by atoms with van der Waals surface area (Å²) in [4.78, 5) is 17.5. The monoisotopic (exact) mass is 612 g/mol. The molecule has 0 aliphatic carbocycles. The van der Waals surface area contributed by atoms with E-state index in [0.29, 0.717) is 34.0 Å². The molecular weight excluding hydrogens is 586 g/mol. The maximum atomic E-state index is 14.8. The minimum atomic E-state index is -3.74. The number of benzene rings is 3. The van der Waals surface area contributed by atoms with Crippen LogP contribution in [-0.2, 0) is 16.4 Å². The molecule has 1 atom stereocenters. The third-order valence-electron chi connectivity index (χ3n) is 8.32. The predicted octanol–water partition coefficient (Wildman–Crippen LogP) is 6.67. The first-order valence-corrected chi connectivity index (χ1v) is 15.7. The van der Waals surface area contributed by atoms with Crippen molar-refractivity contribution in [2.75, 3.05) is 17.6 Å². The molecule has 44 heavy (non-hydrogen) atoms. The molecule has 1 aliphatic rings. The number of primary amides is 1. The van der Waals surface area contributed by atoms with Crippen molar-refractivity contribution in [1.82, 2.24) is 9.55 Å². The van der Waals surface area contributed by atoms with Crippen molar-refractivity contribution in [2.24, 2.45) is 5.73 Å². The number of furan rings is 1. The zero-order valence-electron chi connectivity index (χ0n) is 23.9. The van der Waals surface area contributed by atoms with Crippen molar-refractivity contribution in [3.05, 3.63) is 95.7 Å². The average Bonchev–Trinajstić information content (AvgIpc) is 3.56. The van der Waals surface area contributed by atoms with Crippen LogP contribution in [0.25, 0.3) is 55.7 Å². The maximum absolute atomic E-state index is 14.8. The number of pyridine rings is 1. The summed E-state index contributed by atoms with van der Waals surface area (Å²) < 4.78 is 63.3. The number of anilines is 1. The molecular formula is C33H26F2N4O4S. The molecule has 0 spiro atoms. The Morgan fingerprint density at radius 1 is 1.05 bits per heavy atom. The molecule has 3 aromatic heterocycles. The third kappa shape index (κ3) is 4.26. The van der Waals surface area contributed by atoms with Crippen LogP contribution in [0.5, 0.6) is 0 Å². The Morgan fingerprint density at radius 2 is 1.80 bits per heavy atom. The first kappa shape index (κ1) is 27.8. The summed E-state index contributed by atoms with van der Waals surface area (Å²) >= 11 is 0. The summed E-state index contributed by atoms with van der Waals surface area (Å²) in [5.74, 6) is -1.40. The Balaban J connectivity index is 1.50. The lowest BCUT2D eigenvalue weighted by Gasteiger charge is -2.27.